The molecule has 2 fully saturated rings. The third-order valence-electron chi connectivity index (χ3n) is 7.06. The smallest absolute Gasteiger partial charge is 0.223 e. The Morgan fingerprint density at radius 2 is 1.97 bits per heavy atom. The third kappa shape index (κ3) is 6.84. The number of aryl methyl sites for hydroxylation is 1. The molecule has 2 aliphatic rings. The lowest BCUT2D eigenvalue weighted by Crippen LogP contribution is -2.52. The average Bonchev–Trinajstić information content (AvgIpc) is 2.75. The molecule has 3 rings (SSSR count). The van der Waals surface area contributed by atoms with E-state index in [-0.39, 0.29) is 11.3 Å². The summed E-state index contributed by atoms with van der Waals surface area (Å²) in [5.41, 5.74) is 0.878. The number of halogens is 1. The zero-order chi connectivity index (χ0) is 22.4. The van der Waals surface area contributed by atoms with E-state index in [2.05, 4.69) is 35.6 Å². The van der Waals surface area contributed by atoms with Gasteiger partial charge >= 0.3 is 0 Å². The van der Waals surface area contributed by atoms with Crippen LogP contribution in [0.4, 0.5) is 0 Å². The Morgan fingerprint density at radius 3 is 2.65 bits per heavy atom. The van der Waals surface area contributed by atoms with Crippen molar-refractivity contribution < 1.29 is 9.53 Å². The van der Waals surface area contributed by atoms with Gasteiger partial charge in [0.05, 0.1) is 6.61 Å². The molecule has 31 heavy (non-hydrogen) atoms. The lowest BCUT2D eigenvalue weighted by molar-refractivity contribution is -0.137. The van der Waals surface area contributed by atoms with Crippen LogP contribution in [-0.2, 0) is 4.79 Å². The summed E-state index contributed by atoms with van der Waals surface area (Å²) in [5.74, 6) is 1.80. The van der Waals surface area contributed by atoms with Gasteiger partial charge in [0, 0.05) is 56.1 Å². The standard InChI is InChI=1S/C25H40ClN3O2/c1-5-20(2)17-28-10-6-9-25(18-28,16-24(30)29-13-11-27(4)12-14-29)19-31-22-7-8-23(26)21(3)15-22/h7-8,15,20H,5-6,9-14,16-19H2,1-4H3/t20-,25+/m1/s1. The summed E-state index contributed by atoms with van der Waals surface area (Å²) >= 11 is 6.19. The van der Waals surface area contributed by atoms with Gasteiger partial charge in [-0.15, -0.1) is 0 Å². The maximum absolute atomic E-state index is 13.3. The van der Waals surface area contributed by atoms with Gasteiger partial charge < -0.3 is 19.4 Å². The predicted octanol–water partition coefficient (Wildman–Crippen LogP) is 4.32. The quantitative estimate of drug-likeness (QED) is 0.592. The molecule has 0 N–H and O–H groups in total. The molecular formula is C25H40ClN3O2. The Hall–Kier alpha value is -1.30. The minimum Gasteiger partial charge on any atom is -0.493 e. The van der Waals surface area contributed by atoms with Crippen LogP contribution in [0.2, 0.25) is 5.02 Å². The van der Waals surface area contributed by atoms with Crippen LogP contribution >= 0.6 is 11.6 Å². The van der Waals surface area contributed by atoms with Crippen molar-refractivity contribution in [2.45, 2.75) is 46.5 Å². The topological polar surface area (TPSA) is 36.0 Å². The number of ether oxygens (including phenoxy) is 1. The van der Waals surface area contributed by atoms with Crippen molar-refractivity contribution in [3.63, 3.8) is 0 Å². The summed E-state index contributed by atoms with van der Waals surface area (Å²) in [4.78, 5) is 20.2. The number of hydrogen-bond donors (Lipinski definition) is 0. The maximum atomic E-state index is 13.3. The zero-order valence-electron chi connectivity index (χ0n) is 19.8. The van der Waals surface area contributed by atoms with Crippen molar-refractivity contribution in [1.29, 1.82) is 0 Å². The van der Waals surface area contributed by atoms with Crippen LogP contribution in [0.3, 0.4) is 0 Å². The van der Waals surface area contributed by atoms with Crippen molar-refractivity contribution >= 4 is 17.5 Å². The van der Waals surface area contributed by atoms with Crippen LogP contribution in [0.5, 0.6) is 5.75 Å². The molecule has 0 bridgehead atoms. The molecule has 174 valence electrons. The number of piperazine rings is 1. The summed E-state index contributed by atoms with van der Waals surface area (Å²) in [6.07, 6.45) is 3.91. The highest BCUT2D eigenvalue weighted by molar-refractivity contribution is 6.31. The molecule has 0 saturated carbocycles. The Morgan fingerprint density at radius 1 is 1.23 bits per heavy atom. The van der Waals surface area contributed by atoms with Gasteiger partial charge in [0.1, 0.15) is 5.75 Å². The van der Waals surface area contributed by atoms with E-state index in [0.717, 1.165) is 75.0 Å². The van der Waals surface area contributed by atoms with Crippen LogP contribution < -0.4 is 4.74 Å². The molecule has 1 aromatic rings. The van der Waals surface area contributed by atoms with Crippen LogP contribution in [-0.4, -0.2) is 80.1 Å². The SMILES string of the molecule is CC[C@@H](C)CN1CCC[C@](COc2ccc(Cl)c(C)c2)(CC(=O)N2CCN(C)CC2)C1. The average molecular weight is 450 g/mol. The summed E-state index contributed by atoms with van der Waals surface area (Å²) in [5, 5.41) is 0.754. The molecule has 6 heteroatoms. The number of likely N-dealkylation sites (N-methyl/N-ethyl adjacent to an activating group) is 1. The van der Waals surface area contributed by atoms with Crippen molar-refractivity contribution in [3.05, 3.63) is 28.8 Å². The van der Waals surface area contributed by atoms with Crippen molar-refractivity contribution in [1.82, 2.24) is 14.7 Å². The Bertz CT molecular complexity index is 735. The summed E-state index contributed by atoms with van der Waals surface area (Å²) in [6, 6.07) is 5.83. The van der Waals surface area contributed by atoms with E-state index in [0.29, 0.717) is 18.9 Å². The minimum absolute atomic E-state index is 0.139. The fourth-order valence-electron chi connectivity index (χ4n) is 4.78. The van der Waals surface area contributed by atoms with E-state index in [9.17, 15) is 4.79 Å². The van der Waals surface area contributed by atoms with Crippen LogP contribution in [0.1, 0.15) is 45.1 Å². The van der Waals surface area contributed by atoms with Gasteiger partial charge in [-0.25, -0.2) is 0 Å². The molecule has 0 spiro atoms. The molecule has 0 aromatic heterocycles. The van der Waals surface area contributed by atoms with Crippen LogP contribution in [0.15, 0.2) is 18.2 Å². The number of hydrogen-bond acceptors (Lipinski definition) is 4. The monoisotopic (exact) mass is 449 g/mol. The van der Waals surface area contributed by atoms with Gasteiger partial charge in [-0.2, -0.15) is 0 Å². The second-order valence-electron chi connectivity index (χ2n) is 9.91. The van der Waals surface area contributed by atoms with E-state index in [1.54, 1.807) is 0 Å². The summed E-state index contributed by atoms with van der Waals surface area (Å²) < 4.78 is 6.31. The fourth-order valence-corrected chi connectivity index (χ4v) is 4.90. The number of piperidine rings is 1. The Labute approximate surface area is 193 Å². The summed E-state index contributed by atoms with van der Waals surface area (Å²) in [7, 11) is 2.12. The molecule has 2 aliphatic heterocycles. The number of nitrogens with zero attached hydrogens (tertiary/aromatic N) is 3. The number of benzene rings is 1. The van der Waals surface area contributed by atoms with Gasteiger partial charge in [0.15, 0.2) is 0 Å². The lowest BCUT2D eigenvalue weighted by Gasteiger charge is -2.44. The first-order valence-electron chi connectivity index (χ1n) is 11.9. The Kier molecular flexibility index (Phi) is 8.65. The molecule has 0 aliphatic carbocycles. The number of carbonyl (C=O) groups excluding carboxylic acids is 1. The summed E-state index contributed by atoms with van der Waals surface area (Å²) in [6.45, 7) is 13.9. The van der Waals surface area contributed by atoms with Gasteiger partial charge in [-0.3, -0.25) is 4.79 Å². The second kappa shape index (κ2) is 11.0. The van der Waals surface area contributed by atoms with Gasteiger partial charge in [-0.05, 0) is 63.0 Å². The first kappa shape index (κ1) is 24.3. The maximum Gasteiger partial charge on any atom is 0.223 e. The highest BCUT2D eigenvalue weighted by Gasteiger charge is 2.40. The lowest BCUT2D eigenvalue weighted by atomic mass is 9.77. The molecule has 0 unspecified atom stereocenters. The van der Waals surface area contributed by atoms with E-state index in [1.807, 2.05) is 25.1 Å². The molecule has 1 aromatic carbocycles. The second-order valence-corrected chi connectivity index (χ2v) is 10.3. The number of rotatable bonds is 8. The molecule has 2 atom stereocenters. The largest absolute Gasteiger partial charge is 0.493 e. The first-order valence-corrected chi connectivity index (χ1v) is 12.3. The van der Waals surface area contributed by atoms with Crippen molar-refractivity contribution in [2.24, 2.45) is 11.3 Å². The van der Waals surface area contributed by atoms with E-state index in [1.165, 1.54) is 6.42 Å². The van der Waals surface area contributed by atoms with Gasteiger partial charge in [0.2, 0.25) is 5.91 Å². The van der Waals surface area contributed by atoms with Crippen LogP contribution in [0.25, 0.3) is 0 Å². The molecular weight excluding hydrogens is 410 g/mol. The van der Waals surface area contributed by atoms with Gasteiger partial charge in [0.25, 0.3) is 0 Å². The molecule has 5 nitrogen and oxygen atoms in total. The predicted molar refractivity (Wildman–Crippen MR) is 128 cm³/mol. The number of likely N-dealkylation sites (tertiary alicyclic amines) is 1. The molecule has 1 amide bonds. The zero-order valence-corrected chi connectivity index (χ0v) is 20.6. The van der Waals surface area contributed by atoms with Crippen molar-refractivity contribution in [3.8, 4) is 5.75 Å². The Balaban J connectivity index is 1.72. The minimum atomic E-state index is -0.139. The third-order valence-corrected chi connectivity index (χ3v) is 7.49. The highest BCUT2D eigenvalue weighted by atomic mass is 35.5. The fraction of sp³-hybridized carbons (Fsp3) is 0.720. The normalized spacial score (nSPS) is 24.2. The molecule has 2 heterocycles. The van der Waals surface area contributed by atoms with E-state index >= 15 is 0 Å². The number of carbonyl (C=O) groups is 1. The van der Waals surface area contributed by atoms with Crippen molar-refractivity contribution in [2.75, 3.05) is 59.5 Å². The highest BCUT2D eigenvalue weighted by Crippen LogP contribution is 2.36. The van der Waals surface area contributed by atoms with Gasteiger partial charge in [-0.1, -0.05) is 31.9 Å². The number of amides is 1. The van der Waals surface area contributed by atoms with Crippen LogP contribution in [0, 0.1) is 18.3 Å². The first-order chi connectivity index (χ1) is 14.8. The molecule has 2 saturated heterocycles. The van der Waals surface area contributed by atoms with E-state index in [4.69, 9.17) is 16.3 Å². The van der Waals surface area contributed by atoms with E-state index < -0.39 is 0 Å². The molecule has 0 radical (unpaired) electrons.